The first-order chi connectivity index (χ1) is 11.3. The van der Waals surface area contributed by atoms with Crippen molar-refractivity contribution in [2.75, 3.05) is 26.2 Å². The normalized spacial score (nSPS) is 19.0. The summed E-state index contributed by atoms with van der Waals surface area (Å²) in [6.07, 6.45) is 7.34. The third-order valence-electron chi connectivity index (χ3n) is 4.41. The number of rotatable bonds is 6. The molecular weight excluding hydrogens is 293 g/mol. The molecule has 1 aromatic carbocycles. The summed E-state index contributed by atoms with van der Waals surface area (Å²) in [6, 6.07) is 6.82. The van der Waals surface area contributed by atoms with Crippen LogP contribution in [-0.2, 0) is 6.42 Å². The van der Waals surface area contributed by atoms with E-state index in [-0.39, 0.29) is 5.82 Å². The summed E-state index contributed by atoms with van der Waals surface area (Å²) in [5, 5.41) is 0. The van der Waals surface area contributed by atoms with E-state index in [2.05, 4.69) is 27.6 Å². The molecule has 2 heterocycles. The third kappa shape index (κ3) is 4.10. The lowest BCUT2D eigenvalue weighted by Crippen LogP contribution is -2.39. The topological polar surface area (TPSA) is 30.3 Å². The van der Waals surface area contributed by atoms with Crippen molar-refractivity contribution in [3.63, 3.8) is 0 Å². The zero-order valence-corrected chi connectivity index (χ0v) is 13.6. The summed E-state index contributed by atoms with van der Waals surface area (Å²) in [4.78, 5) is 6.85. The Bertz CT molecular complexity index is 628. The highest BCUT2D eigenvalue weighted by atomic mass is 19.1. The molecule has 0 N–H and O–H groups in total. The Hall–Kier alpha value is -1.88. The lowest BCUT2D eigenvalue weighted by atomic mass is 10.1. The largest absolute Gasteiger partial charge is 0.492 e. The average Bonchev–Trinajstić information content (AvgIpc) is 3.04. The molecule has 5 heteroatoms. The van der Waals surface area contributed by atoms with Gasteiger partial charge in [0.25, 0.3) is 0 Å². The molecule has 3 rings (SSSR count). The molecule has 1 aliphatic heterocycles. The van der Waals surface area contributed by atoms with Crippen molar-refractivity contribution < 1.29 is 9.13 Å². The summed E-state index contributed by atoms with van der Waals surface area (Å²) < 4.78 is 21.1. The standard InChI is InChI=1S/C18H24FN3O/c1-2-18-20-8-10-22(18)16-6-4-9-21(14-16)11-12-23-17-7-3-5-15(19)13-17/h3,5,7-8,10,13,16H,2,4,6,9,11-12,14H2,1H3. The van der Waals surface area contributed by atoms with Gasteiger partial charge in [-0.2, -0.15) is 0 Å². The van der Waals surface area contributed by atoms with Crippen LogP contribution in [0.25, 0.3) is 0 Å². The van der Waals surface area contributed by atoms with Crippen LogP contribution < -0.4 is 4.74 Å². The molecular formula is C18H24FN3O. The van der Waals surface area contributed by atoms with E-state index in [1.165, 1.54) is 25.0 Å². The number of hydrogen-bond acceptors (Lipinski definition) is 3. The molecule has 1 saturated heterocycles. The van der Waals surface area contributed by atoms with E-state index in [4.69, 9.17) is 4.74 Å². The summed E-state index contributed by atoms with van der Waals surface area (Å²) >= 11 is 0. The molecule has 1 aliphatic rings. The maximum absolute atomic E-state index is 13.1. The second-order valence-electron chi connectivity index (χ2n) is 6.01. The zero-order valence-electron chi connectivity index (χ0n) is 13.6. The molecule has 1 unspecified atom stereocenters. The summed E-state index contributed by atoms with van der Waals surface area (Å²) in [7, 11) is 0. The van der Waals surface area contributed by atoms with Gasteiger partial charge in [0.1, 0.15) is 24.0 Å². The van der Waals surface area contributed by atoms with E-state index in [0.29, 0.717) is 18.4 Å². The summed E-state index contributed by atoms with van der Waals surface area (Å²) in [6.45, 7) is 5.71. The second-order valence-corrected chi connectivity index (χ2v) is 6.01. The number of nitrogens with zero attached hydrogens (tertiary/aromatic N) is 3. The summed E-state index contributed by atoms with van der Waals surface area (Å²) in [5.41, 5.74) is 0. The van der Waals surface area contributed by atoms with Crippen molar-refractivity contribution in [2.24, 2.45) is 0 Å². The smallest absolute Gasteiger partial charge is 0.126 e. The van der Waals surface area contributed by atoms with E-state index in [1.54, 1.807) is 12.1 Å². The van der Waals surface area contributed by atoms with Gasteiger partial charge < -0.3 is 9.30 Å². The maximum atomic E-state index is 13.1. The molecule has 124 valence electrons. The Morgan fingerprint density at radius 2 is 2.30 bits per heavy atom. The number of aromatic nitrogens is 2. The minimum absolute atomic E-state index is 0.257. The Balaban J connectivity index is 1.51. The lowest BCUT2D eigenvalue weighted by molar-refractivity contribution is 0.148. The molecule has 2 aromatic rings. The first-order valence-electron chi connectivity index (χ1n) is 8.38. The van der Waals surface area contributed by atoms with Gasteiger partial charge >= 0.3 is 0 Å². The van der Waals surface area contributed by atoms with Crippen molar-refractivity contribution in [1.29, 1.82) is 0 Å². The first kappa shape index (κ1) is 16.0. The number of ether oxygens (including phenoxy) is 1. The van der Waals surface area contributed by atoms with Crippen molar-refractivity contribution in [2.45, 2.75) is 32.2 Å². The van der Waals surface area contributed by atoms with Crippen LogP contribution in [0.1, 0.15) is 31.6 Å². The molecule has 1 atom stereocenters. The predicted octanol–water partition coefficient (Wildman–Crippen LogP) is 3.30. The van der Waals surface area contributed by atoms with Gasteiger partial charge in [-0.1, -0.05) is 13.0 Å². The monoisotopic (exact) mass is 317 g/mol. The minimum atomic E-state index is -0.257. The van der Waals surface area contributed by atoms with Gasteiger partial charge in [-0.3, -0.25) is 4.90 Å². The number of likely N-dealkylation sites (tertiary alicyclic amines) is 1. The van der Waals surface area contributed by atoms with Gasteiger partial charge in [0.05, 0.1) is 0 Å². The van der Waals surface area contributed by atoms with Crippen LogP contribution in [0.15, 0.2) is 36.7 Å². The molecule has 0 amide bonds. The SMILES string of the molecule is CCc1nccn1C1CCCN(CCOc2cccc(F)c2)C1. The zero-order chi connectivity index (χ0) is 16.1. The molecule has 0 saturated carbocycles. The van der Waals surface area contributed by atoms with Gasteiger partial charge in [-0.15, -0.1) is 0 Å². The molecule has 4 nitrogen and oxygen atoms in total. The molecule has 0 aliphatic carbocycles. The Kier molecular flexibility index (Phi) is 5.28. The average molecular weight is 317 g/mol. The lowest BCUT2D eigenvalue weighted by Gasteiger charge is -2.34. The van der Waals surface area contributed by atoms with Crippen molar-refractivity contribution >= 4 is 0 Å². The fourth-order valence-electron chi connectivity index (χ4n) is 3.26. The van der Waals surface area contributed by atoms with Gasteiger partial charge in [0.15, 0.2) is 0 Å². The number of halogens is 1. The fourth-order valence-corrected chi connectivity index (χ4v) is 3.26. The van der Waals surface area contributed by atoms with E-state index in [0.717, 1.165) is 31.9 Å². The minimum Gasteiger partial charge on any atom is -0.492 e. The van der Waals surface area contributed by atoms with Crippen molar-refractivity contribution in [1.82, 2.24) is 14.5 Å². The fraction of sp³-hybridized carbons (Fsp3) is 0.500. The summed E-state index contributed by atoms with van der Waals surface area (Å²) in [5.74, 6) is 1.50. The van der Waals surface area contributed by atoms with E-state index in [9.17, 15) is 4.39 Å². The third-order valence-corrected chi connectivity index (χ3v) is 4.41. The highest BCUT2D eigenvalue weighted by molar-refractivity contribution is 5.22. The first-order valence-corrected chi connectivity index (χ1v) is 8.38. The van der Waals surface area contributed by atoms with Crippen LogP contribution in [0.3, 0.4) is 0 Å². The van der Waals surface area contributed by atoms with Gasteiger partial charge in [0.2, 0.25) is 0 Å². The second kappa shape index (κ2) is 7.59. The van der Waals surface area contributed by atoms with E-state index in [1.807, 2.05) is 6.20 Å². The van der Waals surface area contributed by atoms with Crippen LogP contribution >= 0.6 is 0 Å². The molecule has 0 bridgehead atoms. The van der Waals surface area contributed by atoms with Gasteiger partial charge in [-0.25, -0.2) is 9.37 Å². The molecule has 0 spiro atoms. The number of benzene rings is 1. The molecule has 23 heavy (non-hydrogen) atoms. The Morgan fingerprint density at radius 3 is 3.13 bits per heavy atom. The quantitative estimate of drug-likeness (QED) is 0.819. The van der Waals surface area contributed by atoms with Gasteiger partial charge in [0, 0.05) is 44.0 Å². The number of imidazole rings is 1. The van der Waals surface area contributed by atoms with E-state index < -0.39 is 0 Å². The molecule has 1 fully saturated rings. The predicted molar refractivity (Wildman–Crippen MR) is 88.2 cm³/mol. The Morgan fingerprint density at radius 1 is 1.39 bits per heavy atom. The molecule has 1 aromatic heterocycles. The van der Waals surface area contributed by atoms with Gasteiger partial charge in [-0.05, 0) is 31.5 Å². The number of piperidine rings is 1. The highest BCUT2D eigenvalue weighted by Gasteiger charge is 2.22. The Labute approximate surface area is 136 Å². The number of hydrogen-bond donors (Lipinski definition) is 0. The van der Waals surface area contributed by atoms with Crippen LogP contribution in [-0.4, -0.2) is 40.7 Å². The van der Waals surface area contributed by atoms with Crippen molar-refractivity contribution in [3.8, 4) is 5.75 Å². The van der Waals surface area contributed by atoms with E-state index >= 15 is 0 Å². The highest BCUT2D eigenvalue weighted by Crippen LogP contribution is 2.23. The number of aryl methyl sites for hydroxylation is 1. The van der Waals surface area contributed by atoms with Crippen LogP contribution in [0.5, 0.6) is 5.75 Å². The van der Waals surface area contributed by atoms with Crippen LogP contribution in [0.4, 0.5) is 4.39 Å². The molecule has 0 radical (unpaired) electrons. The maximum Gasteiger partial charge on any atom is 0.126 e. The van der Waals surface area contributed by atoms with Crippen molar-refractivity contribution in [3.05, 3.63) is 48.3 Å². The van der Waals surface area contributed by atoms with Crippen LogP contribution in [0, 0.1) is 5.82 Å². The van der Waals surface area contributed by atoms with Crippen LogP contribution in [0.2, 0.25) is 0 Å².